The summed E-state index contributed by atoms with van der Waals surface area (Å²) in [4.78, 5) is 12.3. The van der Waals surface area contributed by atoms with Gasteiger partial charge in [-0.1, -0.05) is 30.7 Å². The second-order valence-corrected chi connectivity index (χ2v) is 4.97. The second kappa shape index (κ2) is 6.99. The molecule has 0 fully saturated rings. The second-order valence-electron chi connectivity index (χ2n) is 4.53. The van der Waals surface area contributed by atoms with Crippen LogP contribution >= 0.6 is 11.6 Å². The van der Waals surface area contributed by atoms with Gasteiger partial charge >= 0.3 is 0 Å². The Morgan fingerprint density at radius 2 is 2.05 bits per heavy atom. The fourth-order valence-electron chi connectivity index (χ4n) is 1.83. The van der Waals surface area contributed by atoms with Crippen molar-refractivity contribution in [1.29, 1.82) is 0 Å². The zero-order valence-corrected chi connectivity index (χ0v) is 12.5. The number of benzene rings is 2. The Balaban J connectivity index is 2.24. The number of para-hydroxylation sites is 1. The largest absolute Gasteiger partial charge is 0.491 e. The maximum absolute atomic E-state index is 12.3. The quantitative estimate of drug-likeness (QED) is 0.822. The Bertz CT molecular complexity index is 644. The summed E-state index contributed by atoms with van der Waals surface area (Å²) in [7, 11) is 0. The molecule has 4 nitrogen and oxygen atoms in total. The Morgan fingerprint density at radius 1 is 1.29 bits per heavy atom. The van der Waals surface area contributed by atoms with E-state index in [2.05, 4.69) is 5.32 Å². The first-order valence-corrected chi connectivity index (χ1v) is 7.08. The van der Waals surface area contributed by atoms with E-state index in [9.17, 15) is 4.79 Å². The lowest BCUT2D eigenvalue weighted by Crippen LogP contribution is -2.14. The molecule has 0 heterocycles. The van der Waals surface area contributed by atoms with Crippen LogP contribution in [0.4, 0.5) is 11.4 Å². The number of anilines is 2. The summed E-state index contributed by atoms with van der Waals surface area (Å²) in [5, 5.41) is 3.31. The minimum absolute atomic E-state index is 0.295. The normalized spacial score (nSPS) is 10.2. The summed E-state index contributed by atoms with van der Waals surface area (Å²) in [6, 6.07) is 12.0. The SMILES string of the molecule is CCCOc1ccc(Cl)cc1NC(=O)c1ccccc1N. The van der Waals surface area contributed by atoms with Crippen molar-refractivity contribution in [3.63, 3.8) is 0 Å². The monoisotopic (exact) mass is 304 g/mol. The number of nitrogen functional groups attached to an aromatic ring is 1. The van der Waals surface area contributed by atoms with Gasteiger partial charge in [0.2, 0.25) is 0 Å². The smallest absolute Gasteiger partial charge is 0.257 e. The molecule has 0 radical (unpaired) electrons. The van der Waals surface area contributed by atoms with Crippen LogP contribution in [0.3, 0.4) is 0 Å². The van der Waals surface area contributed by atoms with E-state index in [1.165, 1.54) is 0 Å². The number of nitrogens with one attached hydrogen (secondary N) is 1. The van der Waals surface area contributed by atoms with Crippen LogP contribution in [0, 0.1) is 0 Å². The molecule has 0 aliphatic carbocycles. The van der Waals surface area contributed by atoms with E-state index in [0.29, 0.717) is 34.3 Å². The predicted octanol–water partition coefficient (Wildman–Crippen LogP) is 3.96. The van der Waals surface area contributed by atoms with Gasteiger partial charge < -0.3 is 15.8 Å². The predicted molar refractivity (Wildman–Crippen MR) is 86.0 cm³/mol. The van der Waals surface area contributed by atoms with Crippen LogP contribution in [0.25, 0.3) is 0 Å². The molecule has 3 N–H and O–H groups in total. The average molecular weight is 305 g/mol. The lowest BCUT2D eigenvalue weighted by molar-refractivity contribution is 0.102. The highest BCUT2D eigenvalue weighted by Gasteiger charge is 2.12. The molecule has 0 spiro atoms. The van der Waals surface area contributed by atoms with Gasteiger partial charge in [0.25, 0.3) is 5.91 Å². The van der Waals surface area contributed by atoms with Gasteiger partial charge in [-0.25, -0.2) is 0 Å². The first-order chi connectivity index (χ1) is 10.1. The first kappa shape index (κ1) is 15.2. The number of hydrogen-bond donors (Lipinski definition) is 2. The molecular formula is C16H17ClN2O2. The van der Waals surface area contributed by atoms with Crippen LogP contribution in [-0.4, -0.2) is 12.5 Å². The Hall–Kier alpha value is -2.20. The molecule has 5 heteroatoms. The summed E-state index contributed by atoms with van der Waals surface area (Å²) in [6.45, 7) is 2.58. The van der Waals surface area contributed by atoms with E-state index in [1.807, 2.05) is 6.92 Å². The Morgan fingerprint density at radius 3 is 2.76 bits per heavy atom. The third kappa shape index (κ3) is 3.89. The van der Waals surface area contributed by atoms with Gasteiger partial charge in [-0.2, -0.15) is 0 Å². The van der Waals surface area contributed by atoms with Crippen molar-refractivity contribution in [2.24, 2.45) is 0 Å². The molecule has 0 unspecified atom stereocenters. The first-order valence-electron chi connectivity index (χ1n) is 6.70. The van der Waals surface area contributed by atoms with Gasteiger partial charge in [0, 0.05) is 10.7 Å². The lowest BCUT2D eigenvalue weighted by Gasteiger charge is -2.13. The molecule has 0 aromatic heterocycles. The van der Waals surface area contributed by atoms with Crippen LogP contribution < -0.4 is 15.8 Å². The van der Waals surface area contributed by atoms with Crippen molar-refractivity contribution >= 4 is 28.9 Å². The highest BCUT2D eigenvalue weighted by molar-refractivity contribution is 6.31. The molecule has 0 aliphatic heterocycles. The van der Waals surface area contributed by atoms with Crippen LogP contribution in [0.5, 0.6) is 5.75 Å². The van der Waals surface area contributed by atoms with E-state index in [0.717, 1.165) is 6.42 Å². The summed E-state index contributed by atoms with van der Waals surface area (Å²) in [5.74, 6) is 0.292. The van der Waals surface area contributed by atoms with Crippen molar-refractivity contribution in [2.45, 2.75) is 13.3 Å². The maximum Gasteiger partial charge on any atom is 0.257 e. The van der Waals surface area contributed by atoms with E-state index in [-0.39, 0.29) is 5.91 Å². The Kier molecular flexibility index (Phi) is 5.06. The number of nitrogens with two attached hydrogens (primary N) is 1. The van der Waals surface area contributed by atoms with Gasteiger partial charge in [-0.3, -0.25) is 4.79 Å². The van der Waals surface area contributed by atoms with Gasteiger partial charge in [0.05, 0.1) is 17.9 Å². The zero-order valence-electron chi connectivity index (χ0n) is 11.7. The van der Waals surface area contributed by atoms with Crippen molar-refractivity contribution in [1.82, 2.24) is 0 Å². The van der Waals surface area contributed by atoms with E-state index < -0.39 is 0 Å². The molecular weight excluding hydrogens is 288 g/mol. The number of carbonyl (C=O) groups is 1. The molecule has 1 amide bonds. The minimum atomic E-state index is -0.295. The number of hydrogen-bond acceptors (Lipinski definition) is 3. The highest BCUT2D eigenvalue weighted by Crippen LogP contribution is 2.29. The van der Waals surface area contributed by atoms with Gasteiger partial charge in [-0.15, -0.1) is 0 Å². The number of ether oxygens (including phenoxy) is 1. The molecule has 0 saturated carbocycles. The minimum Gasteiger partial charge on any atom is -0.491 e. The molecule has 2 aromatic rings. The number of halogens is 1. The van der Waals surface area contributed by atoms with E-state index >= 15 is 0 Å². The van der Waals surface area contributed by atoms with Crippen molar-refractivity contribution in [3.05, 3.63) is 53.1 Å². The fraction of sp³-hybridized carbons (Fsp3) is 0.188. The van der Waals surface area contributed by atoms with E-state index in [1.54, 1.807) is 42.5 Å². The van der Waals surface area contributed by atoms with Crippen molar-refractivity contribution < 1.29 is 9.53 Å². The summed E-state index contributed by atoms with van der Waals surface area (Å²) >= 11 is 5.98. The molecule has 0 saturated heterocycles. The van der Waals surface area contributed by atoms with Crippen molar-refractivity contribution in [3.8, 4) is 5.75 Å². The van der Waals surface area contributed by atoms with Crippen molar-refractivity contribution in [2.75, 3.05) is 17.7 Å². The average Bonchev–Trinajstić information content (AvgIpc) is 2.47. The highest BCUT2D eigenvalue weighted by atomic mass is 35.5. The van der Waals surface area contributed by atoms with Crippen LogP contribution in [0.1, 0.15) is 23.7 Å². The Labute approximate surface area is 128 Å². The molecule has 21 heavy (non-hydrogen) atoms. The topological polar surface area (TPSA) is 64.3 Å². The molecule has 110 valence electrons. The third-order valence-electron chi connectivity index (χ3n) is 2.86. The summed E-state index contributed by atoms with van der Waals surface area (Å²) < 4.78 is 5.60. The standard InChI is InChI=1S/C16H17ClN2O2/c1-2-9-21-15-8-7-11(17)10-14(15)19-16(20)12-5-3-4-6-13(12)18/h3-8,10H,2,9,18H2,1H3,(H,19,20). The number of rotatable bonds is 5. The van der Waals surface area contributed by atoms with E-state index in [4.69, 9.17) is 22.1 Å². The van der Waals surface area contributed by atoms with Gasteiger partial charge in [0.1, 0.15) is 5.75 Å². The number of carbonyl (C=O) groups excluding carboxylic acids is 1. The zero-order chi connectivity index (χ0) is 15.2. The maximum atomic E-state index is 12.3. The summed E-state index contributed by atoms with van der Waals surface area (Å²) in [6.07, 6.45) is 0.877. The van der Waals surface area contributed by atoms with Gasteiger partial charge in [0.15, 0.2) is 0 Å². The fourth-order valence-corrected chi connectivity index (χ4v) is 2.00. The molecule has 0 aliphatic rings. The molecule has 2 rings (SSSR count). The van der Waals surface area contributed by atoms with Gasteiger partial charge in [-0.05, 0) is 36.8 Å². The molecule has 0 atom stereocenters. The molecule has 2 aromatic carbocycles. The third-order valence-corrected chi connectivity index (χ3v) is 3.09. The lowest BCUT2D eigenvalue weighted by atomic mass is 10.1. The molecule has 0 bridgehead atoms. The number of amides is 1. The van der Waals surface area contributed by atoms with Crippen LogP contribution in [-0.2, 0) is 0 Å². The summed E-state index contributed by atoms with van der Waals surface area (Å²) in [5.41, 5.74) is 7.18. The van der Waals surface area contributed by atoms with Crippen LogP contribution in [0.2, 0.25) is 5.02 Å². The van der Waals surface area contributed by atoms with Crippen LogP contribution in [0.15, 0.2) is 42.5 Å².